The molecule has 0 aromatic rings. The van der Waals surface area contributed by atoms with E-state index in [1.165, 1.54) is 0 Å². The summed E-state index contributed by atoms with van der Waals surface area (Å²) in [5.74, 6) is 0. The van der Waals surface area contributed by atoms with Crippen LogP contribution in [0.4, 0.5) is 0 Å². The van der Waals surface area contributed by atoms with Gasteiger partial charge in [0.2, 0.25) is 6.41 Å². The van der Waals surface area contributed by atoms with Crippen molar-refractivity contribution in [2.24, 2.45) is 5.41 Å². The van der Waals surface area contributed by atoms with Gasteiger partial charge in [-0.3, -0.25) is 4.79 Å². The van der Waals surface area contributed by atoms with E-state index in [9.17, 15) is 4.79 Å². The number of allylic oxidation sites excluding steroid dienone is 2. The summed E-state index contributed by atoms with van der Waals surface area (Å²) in [6, 6.07) is 0. The molecule has 0 unspecified atom stereocenters. The van der Waals surface area contributed by atoms with Crippen LogP contribution in [0, 0.1) is 5.41 Å². The maximum atomic E-state index is 10.2. The Morgan fingerprint density at radius 3 is 2.17 bits per heavy atom. The SMILES string of the molecule is C=C/C(NC=O)=C(/C)C(C)(C)C. The van der Waals surface area contributed by atoms with Crippen molar-refractivity contribution in [3.63, 3.8) is 0 Å². The molecule has 0 aromatic carbocycles. The van der Waals surface area contributed by atoms with Crippen molar-refractivity contribution in [2.45, 2.75) is 27.7 Å². The molecule has 1 amide bonds. The Balaban J connectivity index is 4.83. The summed E-state index contributed by atoms with van der Waals surface area (Å²) >= 11 is 0. The van der Waals surface area contributed by atoms with Crippen LogP contribution in [0.25, 0.3) is 0 Å². The lowest BCUT2D eigenvalue weighted by Crippen LogP contribution is -2.17. The second-order valence-electron chi connectivity index (χ2n) is 3.75. The number of carbonyl (C=O) groups is 1. The molecule has 0 radical (unpaired) electrons. The summed E-state index contributed by atoms with van der Waals surface area (Å²) in [7, 11) is 0. The van der Waals surface area contributed by atoms with Crippen LogP contribution in [0.5, 0.6) is 0 Å². The third-order valence-electron chi connectivity index (χ3n) is 1.95. The van der Waals surface area contributed by atoms with Crippen LogP contribution in [-0.2, 0) is 4.79 Å². The molecule has 0 heterocycles. The molecule has 0 bridgehead atoms. The van der Waals surface area contributed by atoms with Gasteiger partial charge in [0.15, 0.2) is 0 Å². The molecular formula is C10H17NO. The molecule has 0 aliphatic carbocycles. The molecule has 0 aromatic heterocycles. The quantitative estimate of drug-likeness (QED) is 0.507. The van der Waals surface area contributed by atoms with Gasteiger partial charge >= 0.3 is 0 Å². The molecule has 0 aliphatic rings. The molecule has 0 spiro atoms. The van der Waals surface area contributed by atoms with Crippen LogP contribution >= 0.6 is 0 Å². The monoisotopic (exact) mass is 167 g/mol. The number of rotatable bonds is 3. The summed E-state index contributed by atoms with van der Waals surface area (Å²) in [6.45, 7) is 11.9. The Hall–Kier alpha value is -1.05. The van der Waals surface area contributed by atoms with E-state index in [2.05, 4.69) is 32.7 Å². The van der Waals surface area contributed by atoms with Gasteiger partial charge in [0, 0.05) is 5.70 Å². The number of hydrogen-bond acceptors (Lipinski definition) is 1. The second kappa shape index (κ2) is 4.10. The van der Waals surface area contributed by atoms with Gasteiger partial charge in [-0.05, 0) is 24.0 Å². The Labute approximate surface area is 74.4 Å². The molecule has 12 heavy (non-hydrogen) atoms. The predicted molar refractivity (Wildman–Crippen MR) is 51.6 cm³/mol. The zero-order valence-corrected chi connectivity index (χ0v) is 8.27. The normalized spacial score (nSPS) is 13.3. The van der Waals surface area contributed by atoms with Crippen LogP contribution in [0.15, 0.2) is 23.9 Å². The van der Waals surface area contributed by atoms with E-state index >= 15 is 0 Å². The van der Waals surface area contributed by atoms with E-state index in [1.54, 1.807) is 6.08 Å². The maximum absolute atomic E-state index is 10.2. The highest BCUT2D eigenvalue weighted by Gasteiger charge is 2.15. The predicted octanol–water partition coefficient (Wildman–Crippen LogP) is 2.24. The fourth-order valence-corrected chi connectivity index (χ4v) is 0.788. The minimum atomic E-state index is 0.0690. The largest absolute Gasteiger partial charge is 0.329 e. The lowest BCUT2D eigenvalue weighted by molar-refractivity contribution is -0.108. The zero-order chi connectivity index (χ0) is 9.78. The van der Waals surface area contributed by atoms with E-state index in [1.807, 2.05) is 6.92 Å². The lowest BCUT2D eigenvalue weighted by atomic mass is 9.86. The fraction of sp³-hybridized carbons (Fsp3) is 0.500. The number of nitrogens with one attached hydrogen (secondary N) is 1. The minimum Gasteiger partial charge on any atom is -0.329 e. The van der Waals surface area contributed by atoms with Crippen LogP contribution in [0.2, 0.25) is 0 Å². The second-order valence-corrected chi connectivity index (χ2v) is 3.75. The van der Waals surface area contributed by atoms with Gasteiger partial charge in [0.25, 0.3) is 0 Å². The highest BCUT2D eigenvalue weighted by Crippen LogP contribution is 2.26. The topological polar surface area (TPSA) is 29.1 Å². The van der Waals surface area contributed by atoms with Gasteiger partial charge < -0.3 is 5.32 Å². The maximum Gasteiger partial charge on any atom is 0.211 e. The highest BCUT2D eigenvalue weighted by atomic mass is 16.1. The molecule has 0 rings (SSSR count). The summed E-state index contributed by atoms with van der Waals surface area (Å²) in [5, 5.41) is 2.62. The summed E-state index contributed by atoms with van der Waals surface area (Å²) in [5.41, 5.74) is 2.00. The smallest absolute Gasteiger partial charge is 0.211 e. The Bertz CT molecular complexity index is 208. The van der Waals surface area contributed by atoms with Gasteiger partial charge in [-0.2, -0.15) is 0 Å². The molecular weight excluding hydrogens is 150 g/mol. The lowest BCUT2D eigenvalue weighted by Gasteiger charge is -2.22. The van der Waals surface area contributed by atoms with E-state index in [4.69, 9.17) is 0 Å². The van der Waals surface area contributed by atoms with Gasteiger partial charge in [-0.25, -0.2) is 0 Å². The molecule has 0 saturated heterocycles. The number of hydrogen-bond donors (Lipinski definition) is 1. The standard InChI is InChI=1S/C10H17NO/c1-6-9(11-7-12)8(2)10(3,4)5/h6-7H,1H2,2-5H3,(H,11,12)/b9-8+. The third kappa shape index (κ3) is 2.91. The molecule has 2 nitrogen and oxygen atoms in total. The first-order valence-electron chi connectivity index (χ1n) is 3.97. The van der Waals surface area contributed by atoms with Crippen molar-refractivity contribution in [1.82, 2.24) is 5.32 Å². The average Bonchev–Trinajstić information content (AvgIpc) is 1.97. The summed E-state index contributed by atoms with van der Waals surface area (Å²) in [6.07, 6.45) is 2.33. The first-order valence-corrected chi connectivity index (χ1v) is 3.97. The van der Waals surface area contributed by atoms with Gasteiger partial charge in [-0.1, -0.05) is 27.4 Å². The van der Waals surface area contributed by atoms with Crippen molar-refractivity contribution in [3.05, 3.63) is 23.9 Å². The highest BCUT2D eigenvalue weighted by molar-refractivity contribution is 5.52. The van der Waals surface area contributed by atoms with Crippen molar-refractivity contribution < 1.29 is 4.79 Å². The summed E-state index contributed by atoms with van der Waals surface area (Å²) in [4.78, 5) is 10.2. The van der Waals surface area contributed by atoms with Crippen LogP contribution in [-0.4, -0.2) is 6.41 Å². The molecule has 0 saturated carbocycles. The van der Waals surface area contributed by atoms with E-state index in [-0.39, 0.29) is 5.41 Å². The van der Waals surface area contributed by atoms with E-state index in [0.717, 1.165) is 11.3 Å². The third-order valence-corrected chi connectivity index (χ3v) is 1.95. The van der Waals surface area contributed by atoms with Gasteiger partial charge in [-0.15, -0.1) is 0 Å². The molecule has 1 N–H and O–H groups in total. The van der Waals surface area contributed by atoms with Crippen LogP contribution in [0.3, 0.4) is 0 Å². The van der Waals surface area contributed by atoms with Crippen molar-refractivity contribution in [1.29, 1.82) is 0 Å². The van der Waals surface area contributed by atoms with E-state index in [0.29, 0.717) is 6.41 Å². The molecule has 2 heteroatoms. The minimum absolute atomic E-state index is 0.0690. The Kier molecular flexibility index (Phi) is 3.74. The van der Waals surface area contributed by atoms with Crippen LogP contribution < -0.4 is 5.32 Å². The zero-order valence-electron chi connectivity index (χ0n) is 8.27. The summed E-state index contributed by atoms with van der Waals surface area (Å²) < 4.78 is 0. The number of amides is 1. The first kappa shape index (κ1) is 11.0. The molecule has 0 atom stereocenters. The van der Waals surface area contributed by atoms with E-state index < -0.39 is 0 Å². The first-order chi connectivity index (χ1) is 5.43. The van der Waals surface area contributed by atoms with Gasteiger partial charge in [0.05, 0.1) is 0 Å². The van der Waals surface area contributed by atoms with Crippen molar-refractivity contribution >= 4 is 6.41 Å². The molecule has 0 fully saturated rings. The van der Waals surface area contributed by atoms with Crippen molar-refractivity contribution in [3.8, 4) is 0 Å². The Morgan fingerprint density at radius 1 is 1.42 bits per heavy atom. The fourth-order valence-electron chi connectivity index (χ4n) is 0.788. The molecule has 68 valence electrons. The Morgan fingerprint density at radius 2 is 1.92 bits per heavy atom. The molecule has 0 aliphatic heterocycles. The van der Waals surface area contributed by atoms with Crippen molar-refractivity contribution in [2.75, 3.05) is 0 Å². The average molecular weight is 167 g/mol. The van der Waals surface area contributed by atoms with Gasteiger partial charge in [0.1, 0.15) is 0 Å². The number of carbonyl (C=O) groups excluding carboxylic acids is 1. The van der Waals surface area contributed by atoms with Crippen LogP contribution in [0.1, 0.15) is 27.7 Å².